The number of benzene rings is 2. The predicted octanol–water partition coefficient (Wildman–Crippen LogP) is 3.79. The molecule has 0 saturated carbocycles. The molecule has 1 aliphatic carbocycles. The number of nitrogens with zero attached hydrogens (tertiary/aromatic N) is 1. The van der Waals surface area contributed by atoms with E-state index in [-0.39, 0.29) is 30.9 Å². The summed E-state index contributed by atoms with van der Waals surface area (Å²) in [7, 11) is 1.58. The minimum atomic E-state index is -0.935. The molecule has 0 bridgehead atoms. The van der Waals surface area contributed by atoms with Crippen LogP contribution in [0.3, 0.4) is 0 Å². The normalized spacial score (nSPS) is 17.5. The number of carbonyl (C=O) groups excluding carboxylic acids is 2. The number of carbonyl (C=O) groups is 3. The van der Waals surface area contributed by atoms with Crippen molar-refractivity contribution >= 4 is 18.0 Å². The van der Waals surface area contributed by atoms with Gasteiger partial charge in [-0.05, 0) is 47.9 Å². The number of methoxy groups -OCH3 is 1. The van der Waals surface area contributed by atoms with E-state index in [2.05, 4.69) is 17.4 Å². The predicted molar refractivity (Wildman–Crippen MR) is 130 cm³/mol. The lowest BCUT2D eigenvalue weighted by Crippen LogP contribution is -2.50. The summed E-state index contributed by atoms with van der Waals surface area (Å²) in [4.78, 5) is 38.9. The zero-order chi connectivity index (χ0) is 24.8. The monoisotopic (exact) mass is 480 g/mol. The standard InChI is InChI=1S/C27H32N2O6/c1-34-15-7-13-24(26(32)29-14-6-8-18(29)16-25(30)31)28-27(33)35-17-23-21-11-4-2-9-19(21)20-10-3-5-12-22(20)23/h2-5,9-12,18,23-24H,6-8,13-17H2,1H3,(H,28,33)(H,30,31)/t18-,24?/m1/s1. The van der Waals surface area contributed by atoms with E-state index in [1.165, 1.54) is 0 Å². The highest BCUT2D eigenvalue weighted by atomic mass is 16.5. The van der Waals surface area contributed by atoms with E-state index in [1.807, 2.05) is 36.4 Å². The van der Waals surface area contributed by atoms with Crippen LogP contribution in [-0.4, -0.2) is 66.9 Å². The van der Waals surface area contributed by atoms with Crippen LogP contribution < -0.4 is 5.32 Å². The van der Waals surface area contributed by atoms with Gasteiger partial charge in [-0.3, -0.25) is 9.59 Å². The largest absolute Gasteiger partial charge is 0.481 e. The summed E-state index contributed by atoms with van der Waals surface area (Å²) in [5.74, 6) is -1.28. The average Bonchev–Trinajstić information content (AvgIpc) is 3.44. The number of likely N-dealkylation sites (tertiary alicyclic amines) is 1. The molecule has 2 N–H and O–H groups in total. The Kier molecular flexibility index (Phi) is 8.02. The Morgan fingerprint density at radius 2 is 1.74 bits per heavy atom. The molecular formula is C27H32N2O6. The molecule has 2 aromatic carbocycles. The Morgan fingerprint density at radius 1 is 1.09 bits per heavy atom. The van der Waals surface area contributed by atoms with Crippen molar-refractivity contribution in [3.05, 3.63) is 59.7 Å². The van der Waals surface area contributed by atoms with Gasteiger partial charge in [0.1, 0.15) is 12.6 Å². The summed E-state index contributed by atoms with van der Waals surface area (Å²) in [5.41, 5.74) is 4.51. The molecule has 8 heteroatoms. The molecule has 1 aliphatic heterocycles. The van der Waals surface area contributed by atoms with Gasteiger partial charge in [0.05, 0.1) is 6.42 Å². The lowest BCUT2D eigenvalue weighted by atomic mass is 9.98. The van der Waals surface area contributed by atoms with Crippen molar-refractivity contribution in [2.45, 2.75) is 50.1 Å². The van der Waals surface area contributed by atoms with Crippen LogP contribution in [0.1, 0.15) is 49.1 Å². The number of rotatable bonds is 10. The minimum absolute atomic E-state index is 0.0747. The maximum Gasteiger partial charge on any atom is 0.407 e. The van der Waals surface area contributed by atoms with Crippen molar-refractivity contribution in [3.8, 4) is 11.1 Å². The first-order valence-electron chi connectivity index (χ1n) is 12.1. The summed E-state index contributed by atoms with van der Waals surface area (Å²) < 4.78 is 10.7. The van der Waals surface area contributed by atoms with Gasteiger partial charge in [-0.1, -0.05) is 48.5 Å². The van der Waals surface area contributed by atoms with Gasteiger partial charge in [0, 0.05) is 32.2 Å². The number of nitrogens with one attached hydrogen (secondary N) is 1. The minimum Gasteiger partial charge on any atom is -0.481 e. The van der Waals surface area contributed by atoms with E-state index in [4.69, 9.17) is 9.47 Å². The quantitative estimate of drug-likeness (QED) is 0.502. The molecule has 8 nitrogen and oxygen atoms in total. The number of carboxylic acid groups (broad SMARTS) is 1. The number of carboxylic acids is 1. The number of fused-ring (bicyclic) bond motifs is 3. The van der Waals surface area contributed by atoms with Crippen molar-refractivity contribution in [3.63, 3.8) is 0 Å². The fourth-order valence-corrected chi connectivity index (χ4v) is 5.21. The number of alkyl carbamates (subject to hydrolysis) is 1. The Morgan fingerprint density at radius 3 is 2.37 bits per heavy atom. The number of ether oxygens (including phenoxy) is 2. The van der Waals surface area contributed by atoms with Gasteiger partial charge < -0.3 is 24.8 Å². The van der Waals surface area contributed by atoms with Gasteiger partial charge in [-0.2, -0.15) is 0 Å². The molecule has 1 fully saturated rings. The third kappa shape index (κ3) is 5.65. The topological polar surface area (TPSA) is 105 Å². The molecule has 186 valence electrons. The molecule has 35 heavy (non-hydrogen) atoms. The first kappa shape index (κ1) is 24.7. The molecule has 2 aromatic rings. The average molecular weight is 481 g/mol. The maximum absolute atomic E-state index is 13.3. The summed E-state index contributed by atoms with van der Waals surface area (Å²) in [6.07, 6.45) is 1.60. The Balaban J connectivity index is 1.42. The summed E-state index contributed by atoms with van der Waals surface area (Å²) in [6, 6.07) is 15.0. The van der Waals surface area contributed by atoms with E-state index in [1.54, 1.807) is 12.0 Å². The first-order valence-corrected chi connectivity index (χ1v) is 12.1. The zero-order valence-electron chi connectivity index (χ0n) is 19.9. The van der Waals surface area contributed by atoms with Crippen LogP contribution in [-0.2, 0) is 19.1 Å². The molecule has 0 spiro atoms. The number of amides is 2. The fraction of sp³-hybridized carbons (Fsp3) is 0.444. The van der Waals surface area contributed by atoms with Crippen molar-refractivity contribution < 1.29 is 29.0 Å². The molecule has 1 unspecified atom stereocenters. The van der Waals surface area contributed by atoms with Crippen LogP contribution in [0.2, 0.25) is 0 Å². The van der Waals surface area contributed by atoms with Crippen LogP contribution in [0.5, 0.6) is 0 Å². The second-order valence-corrected chi connectivity index (χ2v) is 9.08. The second-order valence-electron chi connectivity index (χ2n) is 9.08. The lowest BCUT2D eigenvalue weighted by molar-refractivity contribution is -0.140. The van der Waals surface area contributed by atoms with E-state index in [0.29, 0.717) is 32.4 Å². The molecule has 2 aliphatic rings. The summed E-state index contributed by atoms with van der Waals surface area (Å²) in [6.45, 7) is 1.10. The molecule has 0 aromatic heterocycles. The third-order valence-corrected chi connectivity index (χ3v) is 6.85. The van der Waals surface area contributed by atoms with Gasteiger partial charge in [-0.15, -0.1) is 0 Å². The summed E-state index contributed by atoms with van der Waals surface area (Å²) >= 11 is 0. The number of aliphatic carboxylic acids is 1. The molecule has 0 radical (unpaired) electrons. The van der Waals surface area contributed by atoms with E-state index in [9.17, 15) is 19.5 Å². The third-order valence-electron chi connectivity index (χ3n) is 6.85. The van der Waals surface area contributed by atoms with Gasteiger partial charge in [0.25, 0.3) is 0 Å². The smallest absolute Gasteiger partial charge is 0.407 e. The van der Waals surface area contributed by atoms with Crippen LogP contribution in [0.4, 0.5) is 4.79 Å². The van der Waals surface area contributed by atoms with Crippen molar-refractivity contribution in [2.75, 3.05) is 26.9 Å². The van der Waals surface area contributed by atoms with Crippen LogP contribution >= 0.6 is 0 Å². The molecular weight excluding hydrogens is 448 g/mol. The van der Waals surface area contributed by atoms with Gasteiger partial charge in [0.2, 0.25) is 5.91 Å². The van der Waals surface area contributed by atoms with Crippen molar-refractivity contribution in [1.82, 2.24) is 10.2 Å². The van der Waals surface area contributed by atoms with Crippen molar-refractivity contribution in [2.24, 2.45) is 0 Å². The SMILES string of the molecule is COCCCC(NC(=O)OCC1c2ccccc2-c2ccccc21)C(=O)N1CCC[C@@H]1CC(=O)O. The number of hydrogen-bond donors (Lipinski definition) is 2. The van der Waals surface area contributed by atoms with E-state index >= 15 is 0 Å². The van der Waals surface area contributed by atoms with Crippen LogP contribution in [0.25, 0.3) is 11.1 Å². The molecule has 4 rings (SSSR count). The van der Waals surface area contributed by atoms with Gasteiger partial charge in [0.15, 0.2) is 0 Å². The molecule has 1 saturated heterocycles. The highest BCUT2D eigenvalue weighted by Crippen LogP contribution is 2.44. The Hall–Kier alpha value is -3.39. The summed E-state index contributed by atoms with van der Waals surface area (Å²) in [5, 5.41) is 11.9. The van der Waals surface area contributed by atoms with Crippen molar-refractivity contribution in [1.29, 1.82) is 0 Å². The highest BCUT2D eigenvalue weighted by Gasteiger charge is 2.35. The van der Waals surface area contributed by atoms with E-state index in [0.717, 1.165) is 28.7 Å². The maximum atomic E-state index is 13.3. The fourth-order valence-electron chi connectivity index (χ4n) is 5.21. The van der Waals surface area contributed by atoms with Crippen LogP contribution in [0.15, 0.2) is 48.5 Å². The van der Waals surface area contributed by atoms with Crippen LogP contribution in [0, 0.1) is 0 Å². The Bertz CT molecular complexity index is 1030. The molecule has 2 atom stereocenters. The van der Waals surface area contributed by atoms with E-state index < -0.39 is 18.1 Å². The highest BCUT2D eigenvalue weighted by molar-refractivity contribution is 5.86. The number of hydrogen-bond acceptors (Lipinski definition) is 5. The first-order chi connectivity index (χ1) is 17.0. The molecule has 2 amide bonds. The lowest BCUT2D eigenvalue weighted by Gasteiger charge is -2.28. The molecule has 1 heterocycles. The zero-order valence-corrected chi connectivity index (χ0v) is 19.9. The second kappa shape index (κ2) is 11.4. The van der Waals surface area contributed by atoms with Gasteiger partial charge >= 0.3 is 12.1 Å². The Labute approximate surface area is 205 Å². The van der Waals surface area contributed by atoms with Gasteiger partial charge in [-0.25, -0.2) is 4.79 Å².